The molecular formula is C13H20O3. The molecule has 0 atom stereocenters. The SMILES string of the molecule is COCc1c(OC)cccc1C(C)(C)CO. The maximum absolute atomic E-state index is 9.42. The summed E-state index contributed by atoms with van der Waals surface area (Å²) in [5.41, 5.74) is 1.78. The van der Waals surface area contributed by atoms with Gasteiger partial charge in [0, 0.05) is 18.1 Å². The van der Waals surface area contributed by atoms with Gasteiger partial charge in [-0.05, 0) is 11.6 Å². The van der Waals surface area contributed by atoms with E-state index in [1.54, 1.807) is 14.2 Å². The minimum absolute atomic E-state index is 0.0941. The standard InChI is InChI=1S/C13H20O3/c1-13(2,9-14)11-6-5-7-12(16-4)10(11)8-15-3/h5-7,14H,8-9H2,1-4H3. The van der Waals surface area contributed by atoms with Crippen molar-refractivity contribution in [3.63, 3.8) is 0 Å². The lowest BCUT2D eigenvalue weighted by Gasteiger charge is -2.26. The first kappa shape index (κ1) is 13.0. The number of benzene rings is 1. The van der Waals surface area contributed by atoms with Crippen LogP contribution in [0.25, 0.3) is 0 Å². The second-order valence-electron chi connectivity index (χ2n) is 4.46. The molecule has 1 aromatic rings. The van der Waals surface area contributed by atoms with E-state index in [0.717, 1.165) is 16.9 Å². The van der Waals surface area contributed by atoms with E-state index >= 15 is 0 Å². The normalized spacial score (nSPS) is 11.6. The predicted molar refractivity (Wildman–Crippen MR) is 63.8 cm³/mol. The van der Waals surface area contributed by atoms with Crippen LogP contribution in [0.2, 0.25) is 0 Å². The van der Waals surface area contributed by atoms with E-state index in [1.165, 1.54) is 0 Å². The second-order valence-corrected chi connectivity index (χ2v) is 4.46. The van der Waals surface area contributed by atoms with Crippen LogP contribution in [0.5, 0.6) is 5.75 Å². The van der Waals surface area contributed by atoms with Crippen molar-refractivity contribution in [3.05, 3.63) is 29.3 Å². The summed E-state index contributed by atoms with van der Waals surface area (Å²) in [4.78, 5) is 0. The molecule has 1 N–H and O–H groups in total. The van der Waals surface area contributed by atoms with E-state index < -0.39 is 0 Å². The average molecular weight is 224 g/mol. The van der Waals surface area contributed by atoms with Crippen LogP contribution in [0.15, 0.2) is 18.2 Å². The lowest BCUT2D eigenvalue weighted by Crippen LogP contribution is -2.24. The van der Waals surface area contributed by atoms with Crippen LogP contribution >= 0.6 is 0 Å². The van der Waals surface area contributed by atoms with Crippen LogP contribution < -0.4 is 4.74 Å². The number of aliphatic hydroxyl groups is 1. The Bertz CT molecular complexity index is 345. The molecule has 0 bridgehead atoms. The summed E-state index contributed by atoms with van der Waals surface area (Å²) in [6, 6.07) is 5.85. The average Bonchev–Trinajstić information content (AvgIpc) is 2.29. The molecule has 3 heteroatoms. The van der Waals surface area contributed by atoms with Gasteiger partial charge in [-0.25, -0.2) is 0 Å². The van der Waals surface area contributed by atoms with Gasteiger partial charge >= 0.3 is 0 Å². The Balaban J connectivity index is 3.26. The van der Waals surface area contributed by atoms with Crippen LogP contribution in [-0.4, -0.2) is 25.9 Å². The molecule has 0 heterocycles. The van der Waals surface area contributed by atoms with Crippen LogP contribution in [0.4, 0.5) is 0 Å². The zero-order valence-corrected chi connectivity index (χ0v) is 10.4. The molecule has 0 unspecified atom stereocenters. The van der Waals surface area contributed by atoms with Crippen molar-refractivity contribution in [2.24, 2.45) is 0 Å². The third-order valence-electron chi connectivity index (χ3n) is 2.77. The van der Waals surface area contributed by atoms with Gasteiger partial charge in [0.2, 0.25) is 0 Å². The van der Waals surface area contributed by atoms with E-state index in [9.17, 15) is 5.11 Å². The van der Waals surface area contributed by atoms with E-state index in [1.807, 2.05) is 32.0 Å². The maximum Gasteiger partial charge on any atom is 0.124 e. The smallest absolute Gasteiger partial charge is 0.124 e. The maximum atomic E-state index is 9.42. The molecule has 1 rings (SSSR count). The summed E-state index contributed by atoms with van der Waals surface area (Å²) in [6.45, 7) is 4.58. The summed E-state index contributed by atoms with van der Waals surface area (Å²) in [5, 5.41) is 9.42. The molecule has 0 radical (unpaired) electrons. The van der Waals surface area contributed by atoms with Gasteiger partial charge in [-0.1, -0.05) is 26.0 Å². The van der Waals surface area contributed by atoms with Crippen LogP contribution in [0.1, 0.15) is 25.0 Å². The Morgan fingerprint density at radius 2 is 1.94 bits per heavy atom. The van der Waals surface area contributed by atoms with Gasteiger partial charge in [-0.3, -0.25) is 0 Å². The Morgan fingerprint density at radius 3 is 2.44 bits per heavy atom. The summed E-state index contributed by atoms with van der Waals surface area (Å²) in [5.74, 6) is 0.806. The van der Waals surface area contributed by atoms with E-state index in [-0.39, 0.29) is 12.0 Å². The number of hydrogen-bond acceptors (Lipinski definition) is 3. The summed E-state index contributed by atoms with van der Waals surface area (Å²) in [6.07, 6.45) is 0. The molecule has 1 aromatic carbocycles. The molecule has 0 saturated carbocycles. The van der Waals surface area contributed by atoms with Crippen molar-refractivity contribution < 1.29 is 14.6 Å². The van der Waals surface area contributed by atoms with Gasteiger partial charge in [0.25, 0.3) is 0 Å². The summed E-state index contributed by atoms with van der Waals surface area (Å²) < 4.78 is 10.5. The van der Waals surface area contributed by atoms with Gasteiger partial charge in [0.05, 0.1) is 20.3 Å². The van der Waals surface area contributed by atoms with Crippen molar-refractivity contribution in [3.8, 4) is 5.75 Å². The van der Waals surface area contributed by atoms with Crippen molar-refractivity contribution >= 4 is 0 Å². The quantitative estimate of drug-likeness (QED) is 0.832. The highest BCUT2D eigenvalue weighted by Gasteiger charge is 2.24. The highest BCUT2D eigenvalue weighted by Crippen LogP contribution is 2.32. The molecule has 3 nitrogen and oxygen atoms in total. The zero-order chi connectivity index (χ0) is 12.2. The lowest BCUT2D eigenvalue weighted by atomic mass is 9.82. The van der Waals surface area contributed by atoms with Crippen LogP contribution in [0.3, 0.4) is 0 Å². The van der Waals surface area contributed by atoms with Gasteiger partial charge in [0.15, 0.2) is 0 Å². The highest BCUT2D eigenvalue weighted by atomic mass is 16.5. The third-order valence-corrected chi connectivity index (χ3v) is 2.77. The predicted octanol–water partition coefficient (Wildman–Crippen LogP) is 2.11. The fraction of sp³-hybridized carbons (Fsp3) is 0.538. The first-order valence-corrected chi connectivity index (χ1v) is 5.33. The monoisotopic (exact) mass is 224 g/mol. The zero-order valence-electron chi connectivity index (χ0n) is 10.4. The second kappa shape index (κ2) is 5.32. The lowest BCUT2D eigenvalue weighted by molar-refractivity contribution is 0.175. The molecule has 0 aliphatic heterocycles. The number of hydrogen-bond donors (Lipinski definition) is 1. The molecule has 0 aliphatic carbocycles. The Morgan fingerprint density at radius 1 is 1.25 bits per heavy atom. The molecule has 0 aromatic heterocycles. The molecule has 0 amide bonds. The Labute approximate surface area is 97.0 Å². The molecule has 0 aliphatic rings. The first-order chi connectivity index (χ1) is 7.56. The molecule has 0 fully saturated rings. The first-order valence-electron chi connectivity index (χ1n) is 5.33. The Kier molecular flexibility index (Phi) is 4.33. The summed E-state index contributed by atoms with van der Waals surface area (Å²) >= 11 is 0. The fourth-order valence-electron chi connectivity index (χ4n) is 1.77. The number of rotatable bonds is 5. The van der Waals surface area contributed by atoms with E-state index in [0.29, 0.717) is 6.61 Å². The fourth-order valence-corrected chi connectivity index (χ4v) is 1.77. The molecule has 0 saturated heterocycles. The third kappa shape index (κ3) is 2.54. The van der Waals surface area contributed by atoms with Crippen molar-refractivity contribution in [2.75, 3.05) is 20.8 Å². The summed E-state index contributed by atoms with van der Waals surface area (Å²) in [7, 11) is 3.30. The van der Waals surface area contributed by atoms with Gasteiger partial charge < -0.3 is 14.6 Å². The molecule has 90 valence electrons. The molecular weight excluding hydrogens is 204 g/mol. The number of ether oxygens (including phenoxy) is 2. The number of methoxy groups -OCH3 is 2. The minimum Gasteiger partial charge on any atom is -0.496 e. The van der Waals surface area contributed by atoms with Crippen molar-refractivity contribution in [2.45, 2.75) is 25.9 Å². The van der Waals surface area contributed by atoms with Gasteiger partial charge in [-0.15, -0.1) is 0 Å². The van der Waals surface area contributed by atoms with E-state index in [4.69, 9.17) is 9.47 Å². The number of aliphatic hydroxyl groups excluding tert-OH is 1. The highest BCUT2D eigenvalue weighted by molar-refractivity contribution is 5.43. The van der Waals surface area contributed by atoms with Gasteiger partial charge in [0.1, 0.15) is 5.75 Å². The largest absolute Gasteiger partial charge is 0.496 e. The van der Waals surface area contributed by atoms with Crippen molar-refractivity contribution in [1.29, 1.82) is 0 Å². The van der Waals surface area contributed by atoms with E-state index in [2.05, 4.69) is 0 Å². The Hall–Kier alpha value is -1.06. The molecule has 16 heavy (non-hydrogen) atoms. The topological polar surface area (TPSA) is 38.7 Å². The van der Waals surface area contributed by atoms with Crippen molar-refractivity contribution in [1.82, 2.24) is 0 Å². The minimum atomic E-state index is -0.289. The van der Waals surface area contributed by atoms with Gasteiger partial charge in [-0.2, -0.15) is 0 Å². The van der Waals surface area contributed by atoms with Crippen LogP contribution in [-0.2, 0) is 16.8 Å². The molecule has 0 spiro atoms. The van der Waals surface area contributed by atoms with Crippen LogP contribution in [0, 0.1) is 0 Å².